The van der Waals surface area contributed by atoms with Crippen LogP contribution < -0.4 is 5.32 Å². The second-order valence-corrected chi connectivity index (χ2v) is 5.48. The lowest BCUT2D eigenvalue weighted by molar-refractivity contribution is 0.0767. The van der Waals surface area contributed by atoms with E-state index in [1.807, 2.05) is 13.8 Å². The van der Waals surface area contributed by atoms with Crippen molar-refractivity contribution in [3.05, 3.63) is 65.2 Å². The third-order valence-corrected chi connectivity index (χ3v) is 3.89. The molecule has 6 heteroatoms. The summed E-state index contributed by atoms with van der Waals surface area (Å²) in [6.07, 6.45) is 0.385. The Kier molecular flexibility index (Phi) is 6.62. The lowest BCUT2D eigenvalue weighted by Crippen LogP contribution is -2.32. The highest BCUT2D eigenvalue weighted by molar-refractivity contribution is 5.96. The predicted molar refractivity (Wildman–Crippen MR) is 93.9 cm³/mol. The highest BCUT2D eigenvalue weighted by Gasteiger charge is 2.16. The molecule has 1 heterocycles. The molecular formula is C19H22FN3O2. The summed E-state index contributed by atoms with van der Waals surface area (Å²) in [6.45, 7) is 5.23. The van der Waals surface area contributed by atoms with Crippen molar-refractivity contribution in [2.45, 2.75) is 20.3 Å². The lowest BCUT2D eigenvalue weighted by atomic mass is 10.1. The first-order valence-electron chi connectivity index (χ1n) is 8.34. The van der Waals surface area contributed by atoms with E-state index >= 15 is 0 Å². The first-order chi connectivity index (χ1) is 12.1. The number of nitrogens with one attached hydrogen (secondary N) is 1. The molecule has 2 aromatic rings. The molecule has 1 aromatic carbocycles. The Hall–Kier alpha value is -2.76. The van der Waals surface area contributed by atoms with Crippen molar-refractivity contribution in [2.75, 3.05) is 19.6 Å². The van der Waals surface area contributed by atoms with E-state index in [1.54, 1.807) is 41.3 Å². The average Bonchev–Trinajstić information content (AvgIpc) is 2.64. The van der Waals surface area contributed by atoms with E-state index in [-0.39, 0.29) is 35.6 Å². The summed E-state index contributed by atoms with van der Waals surface area (Å²) in [5.74, 6) is -0.877. The van der Waals surface area contributed by atoms with Gasteiger partial charge in [-0.05, 0) is 44.0 Å². The number of carbonyl (C=O) groups excluding carboxylic acids is 2. The Balaban J connectivity index is 1.99. The molecule has 0 bridgehead atoms. The van der Waals surface area contributed by atoms with Gasteiger partial charge in [-0.25, -0.2) is 9.37 Å². The number of nitrogens with zero attached hydrogens (tertiary/aromatic N) is 2. The summed E-state index contributed by atoms with van der Waals surface area (Å²) < 4.78 is 13.6. The van der Waals surface area contributed by atoms with Gasteiger partial charge >= 0.3 is 0 Å². The minimum atomic E-state index is -0.384. The van der Waals surface area contributed by atoms with Crippen LogP contribution in [0.5, 0.6) is 0 Å². The molecule has 132 valence electrons. The van der Waals surface area contributed by atoms with Crippen LogP contribution in [-0.4, -0.2) is 41.3 Å². The van der Waals surface area contributed by atoms with Gasteiger partial charge < -0.3 is 10.2 Å². The summed E-state index contributed by atoms with van der Waals surface area (Å²) in [5.41, 5.74) is 0.957. The number of halogens is 1. The van der Waals surface area contributed by atoms with Gasteiger partial charge in [0.05, 0.1) is 0 Å². The Bertz CT molecular complexity index is 745. The standard InChI is InChI=1S/C19H22FN3O2/c1-3-23(4-2)19(25)17-11-7-10-16(22-17)18(24)21-13-12-14-8-5-6-9-15(14)20/h5-11H,3-4,12-13H2,1-2H3,(H,21,24). The zero-order valence-corrected chi connectivity index (χ0v) is 14.5. The molecule has 1 N–H and O–H groups in total. The second-order valence-electron chi connectivity index (χ2n) is 5.48. The highest BCUT2D eigenvalue weighted by atomic mass is 19.1. The van der Waals surface area contributed by atoms with Gasteiger partial charge in [0.25, 0.3) is 11.8 Å². The summed E-state index contributed by atoms with van der Waals surface area (Å²) in [7, 11) is 0. The smallest absolute Gasteiger partial charge is 0.272 e. The predicted octanol–water partition coefficient (Wildman–Crippen LogP) is 2.68. The van der Waals surface area contributed by atoms with Crippen molar-refractivity contribution in [1.82, 2.24) is 15.2 Å². The molecule has 0 spiro atoms. The minimum absolute atomic E-state index is 0.173. The van der Waals surface area contributed by atoms with E-state index in [9.17, 15) is 14.0 Å². The van der Waals surface area contributed by atoms with E-state index in [0.717, 1.165) is 0 Å². The number of hydrogen-bond donors (Lipinski definition) is 1. The summed E-state index contributed by atoms with van der Waals surface area (Å²) in [5, 5.41) is 2.70. The molecule has 0 unspecified atom stereocenters. The molecule has 0 aliphatic heterocycles. The number of hydrogen-bond acceptors (Lipinski definition) is 3. The van der Waals surface area contributed by atoms with Crippen LogP contribution in [0.25, 0.3) is 0 Å². The maximum absolute atomic E-state index is 13.6. The largest absolute Gasteiger partial charge is 0.350 e. The van der Waals surface area contributed by atoms with Crippen molar-refractivity contribution in [1.29, 1.82) is 0 Å². The fourth-order valence-corrected chi connectivity index (χ4v) is 2.46. The Morgan fingerprint density at radius 2 is 1.72 bits per heavy atom. The average molecular weight is 343 g/mol. The van der Waals surface area contributed by atoms with Gasteiger partial charge in [0.1, 0.15) is 17.2 Å². The summed E-state index contributed by atoms with van der Waals surface area (Å²) in [4.78, 5) is 30.3. The van der Waals surface area contributed by atoms with E-state index in [0.29, 0.717) is 25.1 Å². The van der Waals surface area contributed by atoms with E-state index in [1.165, 1.54) is 6.07 Å². The second kappa shape index (κ2) is 8.92. The zero-order valence-electron chi connectivity index (χ0n) is 14.5. The third kappa shape index (κ3) is 4.86. The van der Waals surface area contributed by atoms with Gasteiger partial charge in [0.15, 0.2) is 0 Å². The molecule has 0 radical (unpaired) electrons. The van der Waals surface area contributed by atoms with Crippen LogP contribution in [-0.2, 0) is 6.42 Å². The number of aromatic nitrogens is 1. The van der Waals surface area contributed by atoms with Crippen LogP contribution in [0.3, 0.4) is 0 Å². The molecule has 0 atom stereocenters. The van der Waals surface area contributed by atoms with Crippen molar-refractivity contribution in [2.24, 2.45) is 0 Å². The van der Waals surface area contributed by atoms with E-state index in [4.69, 9.17) is 0 Å². The fourth-order valence-electron chi connectivity index (χ4n) is 2.46. The van der Waals surface area contributed by atoms with Gasteiger partial charge in [0, 0.05) is 19.6 Å². The van der Waals surface area contributed by atoms with Gasteiger partial charge in [0.2, 0.25) is 0 Å². The van der Waals surface area contributed by atoms with Crippen LogP contribution in [0.4, 0.5) is 4.39 Å². The molecule has 0 fully saturated rings. The number of pyridine rings is 1. The van der Waals surface area contributed by atoms with Crippen molar-refractivity contribution in [3.63, 3.8) is 0 Å². The monoisotopic (exact) mass is 343 g/mol. The van der Waals surface area contributed by atoms with Crippen molar-refractivity contribution in [3.8, 4) is 0 Å². The van der Waals surface area contributed by atoms with Gasteiger partial charge in [-0.15, -0.1) is 0 Å². The molecule has 0 aliphatic carbocycles. The Morgan fingerprint density at radius 1 is 1.04 bits per heavy atom. The SMILES string of the molecule is CCN(CC)C(=O)c1cccc(C(=O)NCCc2ccccc2F)n1. The summed E-state index contributed by atoms with van der Waals surface area (Å²) in [6, 6.07) is 11.2. The van der Waals surface area contributed by atoms with Crippen LogP contribution in [0, 0.1) is 5.82 Å². The first-order valence-corrected chi connectivity index (χ1v) is 8.34. The number of rotatable bonds is 7. The van der Waals surface area contributed by atoms with Gasteiger partial charge in [-0.2, -0.15) is 0 Å². The molecule has 1 aromatic heterocycles. The molecule has 2 amide bonds. The van der Waals surface area contributed by atoms with Crippen molar-refractivity contribution >= 4 is 11.8 Å². The van der Waals surface area contributed by atoms with Crippen LogP contribution in [0.1, 0.15) is 40.4 Å². The molecular weight excluding hydrogens is 321 g/mol. The Morgan fingerprint density at radius 3 is 2.40 bits per heavy atom. The number of amides is 2. The van der Waals surface area contributed by atoms with Crippen molar-refractivity contribution < 1.29 is 14.0 Å². The topological polar surface area (TPSA) is 62.3 Å². The highest BCUT2D eigenvalue weighted by Crippen LogP contribution is 2.07. The van der Waals surface area contributed by atoms with Crippen LogP contribution in [0.15, 0.2) is 42.5 Å². The summed E-state index contributed by atoms with van der Waals surface area (Å²) >= 11 is 0. The molecule has 0 aliphatic rings. The van der Waals surface area contributed by atoms with E-state index in [2.05, 4.69) is 10.3 Å². The number of benzene rings is 1. The molecule has 25 heavy (non-hydrogen) atoms. The quantitative estimate of drug-likeness (QED) is 0.841. The number of carbonyl (C=O) groups is 2. The normalized spacial score (nSPS) is 10.4. The Labute approximate surface area is 146 Å². The van der Waals surface area contributed by atoms with Crippen LogP contribution in [0.2, 0.25) is 0 Å². The molecule has 0 saturated heterocycles. The molecule has 2 rings (SSSR count). The molecule has 0 saturated carbocycles. The van der Waals surface area contributed by atoms with Crippen LogP contribution >= 0.6 is 0 Å². The lowest BCUT2D eigenvalue weighted by Gasteiger charge is -2.18. The first kappa shape index (κ1) is 18.6. The molecule has 5 nitrogen and oxygen atoms in total. The third-order valence-electron chi connectivity index (χ3n) is 3.89. The maximum atomic E-state index is 13.6. The zero-order chi connectivity index (χ0) is 18.2. The van der Waals surface area contributed by atoms with Gasteiger partial charge in [-0.3, -0.25) is 9.59 Å². The fraction of sp³-hybridized carbons (Fsp3) is 0.316. The maximum Gasteiger partial charge on any atom is 0.272 e. The van der Waals surface area contributed by atoms with Gasteiger partial charge in [-0.1, -0.05) is 24.3 Å². The minimum Gasteiger partial charge on any atom is -0.350 e. The van der Waals surface area contributed by atoms with E-state index < -0.39 is 0 Å².